The molecule has 0 bridgehead atoms. The summed E-state index contributed by atoms with van der Waals surface area (Å²) in [6, 6.07) is 15.0. The fourth-order valence-electron chi connectivity index (χ4n) is 2.09. The van der Waals surface area contributed by atoms with E-state index in [1.54, 1.807) is 24.3 Å². The molecular weight excluding hydrogens is 326 g/mol. The number of carbonyl (C=O) groups is 1. The molecule has 0 atom stereocenters. The maximum absolute atomic E-state index is 13.6. The summed E-state index contributed by atoms with van der Waals surface area (Å²) < 4.78 is 26.5. The van der Waals surface area contributed by atoms with Crippen LogP contribution in [0.3, 0.4) is 0 Å². The standard InChI is InChI=1S/C18H14F2N4O/c19-12-6-8-16(15(20)10-12)24-17-9-7-14(11-21-17)23-18(25)22-13-4-2-1-3-5-13/h1-11H,(H,21,24)(H2,22,23,25). The molecule has 1 heterocycles. The van der Waals surface area contributed by atoms with Gasteiger partial charge < -0.3 is 16.0 Å². The van der Waals surface area contributed by atoms with Gasteiger partial charge in [-0.1, -0.05) is 18.2 Å². The minimum Gasteiger partial charge on any atom is -0.338 e. The largest absolute Gasteiger partial charge is 0.338 e. The molecule has 3 aromatic rings. The predicted octanol–water partition coefficient (Wildman–Crippen LogP) is 4.75. The fraction of sp³-hybridized carbons (Fsp3) is 0. The Morgan fingerprint density at radius 2 is 1.64 bits per heavy atom. The third kappa shape index (κ3) is 4.51. The quantitative estimate of drug-likeness (QED) is 0.642. The van der Waals surface area contributed by atoms with Crippen molar-refractivity contribution in [3.8, 4) is 0 Å². The van der Waals surface area contributed by atoms with Crippen LogP contribution in [0.2, 0.25) is 0 Å². The highest BCUT2D eigenvalue weighted by molar-refractivity contribution is 5.99. The number of rotatable bonds is 4. The summed E-state index contributed by atoms with van der Waals surface area (Å²) in [5, 5.41) is 8.05. The molecule has 3 rings (SSSR count). The molecule has 25 heavy (non-hydrogen) atoms. The first-order valence-electron chi connectivity index (χ1n) is 7.41. The number of para-hydroxylation sites is 1. The van der Waals surface area contributed by atoms with Crippen molar-refractivity contribution >= 4 is 28.9 Å². The van der Waals surface area contributed by atoms with Gasteiger partial charge in [-0.3, -0.25) is 0 Å². The van der Waals surface area contributed by atoms with Crippen LogP contribution in [0.5, 0.6) is 0 Å². The Morgan fingerprint density at radius 3 is 2.32 bits per heavy atom. The topological polar surface area (TPSA) is 66.1 Å². The van der Waals surface area contributed by atoms with Gasteiger partial charge in [-0.25, -0.2) is 18.6 Å². The highest BCUT2D eigenvalue weighted by Gasteiger charge is 2.06. The van der Waals surface area contributed by atoms with Gasteiger partial charge in [0.25, 0.3) is 0 Å². The molecule has 7 heteroatoms. The summed E-state index contributed by atoms with van der Waals surface area (Å²) in [4.78, 5) is 16.0. The number of hydrogen-bond acceptors (Lipinski definition) is 3. The van der Waals surface area contributed by atoms with E-state index in [1.807, 2.05) is 18.2 Å². The molecule has 0 spiro atoms. The molecule has 0 aliphatic heterocycles. The summed E-state index contributed by atoms with van der Waals surface area (Å²) >= 11 is 0. The maximum Gasteiger partial charge on any atom is 0.323 e. The van der Waals surface area contributed by atoms with Gasteiger partial charge in [-0.05, 0) is 36.4 Å². The Kier molecular flexibility index (Phi) is 4.84. The lowest BCUT2D eigenvalue weighted by molar-refractivity contribution is 0.262. The highest BCUT2D eigenvalue weighted by Crippen LogP contribution is 2.20. The first kappa shape index (κ1) is 16.4. The second kappa shape index (κ2) is 7.39. The minimum atomic E-state index is -0.716. The number of hydrogen-bond donors (Lipinski definition) is 3. The summed E-state index contributed by atoms with van der Waals surface area (Å²) in [6.45, 7) is 0. The number of nitrogens with one attached hydrogen (secondary N) is 3. The molecule has 126 valence electrons. The Balaban J connectivity index is 1.61. The van der Waals surface area contributed by atoms with Gasteiger partial charge in [-0.2, -0.15) is 0 Å². The van der Waals surface area contributed by atoms with E-state index in [4.69, 9.17) is 0 Å². The van der Waals surface area contributed by atoms with Gasteiger partial charge in [0.15, 0.2) is 0 Å². The maximum atomic E-state index is 13.6. The summed E-state index contributed by atoms with van der Waals surface area (Å²) in [5.41, 5.74) is 1.24. The monoisotopic (exact) mass is 340 g/mol. The molecule has 2 amide bonds. The lowest BCUT2D eigenvalue weighted by Crippen LogP contribution is -2.19. The molecular formula is C18H14F2N4O. The van der Waals surface area contributed by atoms with Gasteiger partial charge in [0.1, 0.15) is 17.5 Å². The van der Waals surface area contributed by atoms with E-state index < -0.39 is 17.7 Å². The van der Waals surface area contributed by atoms with Crippen LogP contribution >= 0.6 is 0 Å². The van der Waals surface area contributed by atoms with Gasteiger partial charge in [-0.15, -0.1) is 0 Å². The molecule has 0 saturated heterocycles. The third-order valence-electron chi connectivity index (χ3n) is 3.25. The number of amides is 2. The van der Waals surface area contributed by atoms with Crippen molar-refractivity contribution in [2.75, 3.05) is 16.0 Å². The molecule has 0 aliphatic carbocycles. The molecule has 0 saturated carbocycles. The lowest BCUT2D eigenvalue weighted by atomic mass is 10.3. The van der Waals surface area contributed by atoms with Gasteiger partial charge >= 0.3 is 6.03 Å². The molecule has 3 N–H and O–H groups in total. The van der Waals surface area contributed by atoms with E-state index in [0.29, 0.717) is 17.2 Å². The zero-order chi connectivity index (χ0) is 17.6. The van der Waals surface area contributed by atoms with Crippen LogP contribution < -0.4 is 16.0 Å². The van der Waals surface area contributed by atoms with Crippen molar-refractivity contribution in [1.29, 1.82) is 0 Å². The fourth-order valence-corrected chi connectivity index (χ4v) is 2.09. The van der Waals surface area contributed by atoms with E-state index >= 15 is 0 Å². The van der Waals surface area contributed by atoms with Crippen molar-refractivity contribution in [2.24, 2.45) is 0 Å². The Hall–Kier alpha value is -3.48. The Bertz CT molecular complexity index is 870. The van der Waals surface area contributed by atoms with E-state index in [1.165, 1.54) is 12.3 Å². The zero-order valence-electron chi connectivity index (χ0n) is 13.0. The van der Waals surface area contributed by atoms with E-state index in [0.717, 1.165) is 12.1 Å². The Labute approximate surface area is 142 Å². The van der Waals surface area contributed by atoms with E-state index in [9.17, 15) is 13.6 Å². The minimum absolute atomic E-state index is 0.108. The number of nitrogens with zero attached hydrogens (tertiary/aromatic N) is 1. The van der Waals surface area contributed by atoms with Gasteiger partial charge in [0.05, 0.1) is 17.6 Å². The molecule has 2 aromatic carbocycles. The van der Waals surface area contributed by atoms with Crippen LogP contribution in [0.15, 0.2) is 66.9 Å². The number of halogens is 2. The summed E-state index contributed by atoms with van der Waals surface area (Å²) in [6.07, 6.45) is 1.42. The average Bonchev–Trinajstić information content (AvgIpc) is 2.60. The second-order valence-corrected chi connectivity index (χ2v) is 5.13. The van der Waals surface area contributed by atoms with Crippen LogP contribution in [0.4, 0.5) is 36.5 Å². The smallest absolute Gasteiger partial charge is 0.323 e. The highest BCUT2D eigenvalue weighted by atomic mass is 19.1. The Morgan fingerprint density at radius 1 is 0.880 bits per heavy atom. The predicted molar refractivity (Wildman–Crippen MR) is 93.0 cm³/mol. The second-order valence-electron chi connectivity index (χ2n) is 5.13. The normalized spacial score (nSPS) is 10.2. The third-order valence-corrected chi connectivity index (χ3v) is 3.25. The van der Waals surface area contributed by atoms with Crippen molar-refractivity contribution in [3.63, 3.8) is 0 Å². The first-order valence-corrected chi connectivity index (χ1v) is 7.41. The van der Waals surface area contributed by atoms with Gasteiger partial charge in [0, 0.05) is 11.8 Å². The van der Waals surface area contributed by atoms with Crippen LogP contribution in [-0.2, 0) is 0 Å². The zero-order valence-corrected chi connectivity index (χ0v) is 13.0. The number of anilines is 4. The number of carbonyl (C=O) groups excluding carboxylic acids is 1. The molecule has 1 aromatic heterocycles. The molecule has 5 nitrogen and oxygen atoms in total. The molecule has 0 aliphatic rings. The van der Waals surface area contributed by atoms with Crippen molar-refractivity contribution < 1.29 is 13.6 Å². The van der Waals surface area contributed by atoms with Crippen LogP contribution in [-0.4, -0.2) is 11.0 Å². The number of aromatic nitrogens is 1. The average molecular weight is 340 g/mol. The lowest BCUT2D eigenvalue weighted by Gasteiger charge is -2.09. The van der Waals surface area contributed by atoms with Crippen LogP contribution in [0, 0.1) is 11.6 Å². The van der Waals surface area contributed by atoms with Crippen molar-refractivity contribution in [3.05, 3.63) is 78.5 Å². The number of benzene rings is 2. The van der Waals surface area contributed by atoms with E-state index in [2.05, 4.69) is 20.9 Å². The van der Waals surface area contributed by atoms with Crippen molar-refractivity contribution in [1.82, 2.24) is 4.98 Å². The molecule has 0 fully saturated rings. The first-order chi connectivity index (χ1) is 12.1. The number of urea groups is 1. The molecule has 0 unspecified atom stereocenters. The van der Waals surface area contributed by atoms with Gasteiger partial charge in [0.2, 0.25) is 0 Å². The molecule has 0 radical (unpaired) electrons. The van der Waals surface area contributed by atoms with Crippen LogP contribution in [0.1, 0.15) is 0 Å². The van der Waals surface area contributed by atoms with E-state index in [-0.39, 0.29) is 5.69 Å². The SMILES string of the molecule is O=C(Nc1ccccc1)Nc1ccc(Nc2ccc(F)cc2F)nc1. The number of pyridine rings is 1. The van der Waals surface area contributed by atoms with Crippen molar-refractivity contribution in [2.45, 2.75) is 0 Å². The van der Waals surface area contributed by atoms with Crippen LogP contribution in [0.25, 0.3) is 0 Å². The summed E-state index contributed by atoms with van der Waals surface area (Å²) in [5.74, 6) is -1.01. The summed E-state index contributed by atoms with van der Waals surface area (Å²) in [7, 11) is 0.